The van der Waals surface area contributed by atoms with E-state index < -0.39 is 93.3 Å². The van der Waals surface area contributed by atoms with Crippen molar-refractivity contribution in [2.24, 2.45) is 0 Å². The van der Waals surface area contributed by atoms with Gasteiger partial charge in [0, 0.05) is 42.8 Å². The first kappa shape index (κ1) is 112. The van der Waals surface area contributed by atoms with E-state index in [1.807, 2.05) is 6.07 Å². The molecule has 0 spiro atoms. The van der Waals surface area contributed by atoms with E-state index >= 15 is 0 Å². The van der Waals surface area contributed by atoms with Gasteiger partial charge in [0.05, 0.1) is 84.5 Å². The molecule has 4 unspecified atom stereocenters. The number of hydrogen-bond donors (Lipinski definition) is 2. The maximum absolute atomic E-state index is 13.5. The molecule has 5 heterocycles. The van der Waals surface area contributed by atoms with Crippen molar-refractivity contribution in [2.75, 3.05) is 61.6 Å². The molecule has 25 nitrogen and oxygen atoms in total. The summed E-state index contributed by atoms with van der Waals surface area (Å²) in [7, 11) is -1.53. The topological polar surface area (TPSA) is 328 Å². The van der Waals surface area contributed by atoms with Crippen LogP contribution in [0.15, 0.2) is 83.8 Å². The second kappa shape index (κ2) is 50.4. The minimum Gasteiger partial charge on any atom is -1.00 e. The van der Waals surface area contributed by atoms with Gasteiger partial charge < -0.3 is 48.2 Å². The van der Waals surface area contributed by atoms with E-state index in [0.29, 0.717) is 47.5 Å². The summed E-state index contributed by atoms with van der Waals surface area (Å²) in [5, 5.41) is 13.2. The summed E-state index contributed by atoms with van der Waals surface area (Å²) in [5.41, 5.74) is 1.90. The molecule has 621 valence electrons. The number of aliphatic hydroxyl groups is 1. The molecule has 2 fully saturated rings. The molecule has 2 saturated heterocycles. The number of piperidine rings is 2. The zero-order valence-corrected chi connectivity index (χ0v) is 79.5. The molecule has 2 aliphatic rings. The Bertz CT molecular complexity index is 3660. The zero-order valence-electron chi connectivity index (χ0n) is 70.6. The largest absolute Gasteiger partial charge is 1.00 e. The molecule has 3 aromatic heterocycles. The van der Waals surface area contributed by atoms with E-state index in [2.05, 4.69) is 185 Å². The molecule has 0 aliphatic carbocycles. The van der Waals surface area contributed by atoms with Crippen molar-refractivity contribution >= 4 is 129 Å². The molecule has 36 heteroatoms. The van der Waals surface area contributed by atoms with E-state index in [1.54, 1.807) is 24.3 Å². The van der Waals surface area contributed by atoms with Crippen LogP contribution in [0.25, 0.3) is 0 Å². The number of hydrogen-bond acceptors (Lipinski definition) is 24. The number of benzene rings is 1. The molecular weight excluding hydrogens is 1600 g/mol. The molecular formula is C74H127BCl3N5NaO20S2Si4. The number of pyridine rings is 3. The van der Waals surface area contributed by atoms with Gasteiger partial charge in [-0.1, -0.05) is 140 Å². The Morgan fingerprint density at radius 3 is 1.25 bits per heavy atom. The number of nitrogens with one attached hydrogen (secondary N) is 1. The minimum atomic E-state index is -3.93. The van der Waals surface area contributed by atoms with E-state index in [1.165, 1.54) is 102 Å². The van der Waals surface area contributed by atoms with Gasteiger partial charge in [0.2, 0.25) is 19.1 Å². The van der Waals surface area contributed by atoms with Gasteiger partial charge in [-0.25, -0.2) is 51.0 Å². The van der Waals surface area contributed by atoms with Gasteiger partial charge in [0.1, 0.15) is 34.9 Å². The normalized spacial score (nSPS) is 16.1. The van der Waals surface area contributed by atoms with Crippen molar-refractivity contribution in [1.82, 2.24) is 24.6 Å². The van der Waals surface area contributed by atoms with Crippen LogP contribution in [0.2, 0.25) is 77.6 Å². The number of carbonyl (C=O) groups is 6. The number of esters is 6. The predicted molar refractivity (Wildman–Crippen MR) is 445 cm³/mol. The van der Waals surface area contributed by atoms with Crippen molar-refractivity contribution < 1.29 is 123 Å². The van der Waals surface area contributed by atoms with Crippen LogP contribution in [0.4, 0.5) is 0 Å². The van der Waals surface area contributed by atoms with Gasteiger partial charge >= 0.3 is 65.4 Å². The molecule has 0 saturated carbocycles. The fourth-order valence-electron chi connectivity index (χ4n) is 8.09. The first-order chi connectivity index (χ1) is 48.9. The number of rotatable bonds is 19. The minimum absolute atomic E-state index is 0. The smallest absolute Gasteiger partial charge is 1.00 e. The number of aromatic nitrogens is 3. The summed E-state index contributed by atoms with van der Waals surface area (Å²) < 4.78 is 94.2. The second-order valence-corrected chi connectivity index (χ2v) is 58.1. The fraction of sp³-hybridized carbons (Fsp3) is 0.635. The summed E-state index contributed by atoms with van der Waals surface area (Å²) in [4.78, 5) is 80.4. The summed E-state index contributed by atoms with van der Waals surface area (Å²) >= 11 is 12.1. The average Bonchev–Trinajstić information content (AvgIpc) is 0.762. The second-order valence-electron chi connectivity index (χ2n) is 31.1. The van der Waals surface area contributed by atoms with Gasteiger partial charge in [-0.15, -0.1) is 0 Å². The van der Waals surface area contributed by atoms with Gasteiger partial charge in [0.15, 0.2) is 32.3 Å². The molecule has 2 aliphatic heterocycles. The summed E-state index contributed by atoms with van der Waals surface area (Å²) in [5.74, 6) is -2.78. The number of sulfonamides is 1. The van der Waals surface area contributed by atoms with Crippen LogP contribution in [-0.4, -0.2) is 204 Å². The molecule has 0 bridgehead atoms. The Labute approximate surface area is 701 Å². The third kappa shape index (κ3) is 39.5. The van der Waals surface area contributed by atoms with Crippen molar-refractivity contribution in [3.05, 3.63) is 118 Å². The SMILES string of the molecule is C.CC(C)(C)[Si](C)(C)Cl.CCS(=O)(=O)Cl.COC(=O)C1CCCC(CO[Si](C)(C)C(C)(C)C)N1.COC(=O)C1CCCC(CO[Si](C)(C)C(C)(C)C)N1S(=O)(=O)c1ccc(Cl)cc1.COC(=O)c1cccc(C(=O)OC)n1.COC(=O)c1cccc(CO)n1.COC(=O)c1cccc(CO[Si](C)(C)C(C)(C)C)n1.[B].[H-].[Na+]. The van der Waals surface area contributed by atoms with E-state index in [0.717, 1.165) is 31.4 Å². The molecule has 4 aromatic rings. The molecule has 4 atom stereocenters. The number of carbonyl (C=O) groups excluding carboxylic acids is 6. The van der Waals surface area contributed by atoms with Crippen LogP contribution in [0.1, 0.15) is 191 Å². The Kier molecular flexibility index (Phi) is 51.5. The van der Waals surface area contributed by atoms with E-state index in [9.17, 15) is 45.6 Å². The van der Waals surface area contributed by atoms with Crippen LogP contribution in [0.5, 0.6) is 0 Å². The third-order valence-corrected chi connectivity index (χ3v) is 41.3. The number of methoxy groups -OCH3 is 6. The maximum atomic E-state index is 13.5. The van der Waals surface area contributed by atoms with Crippen molar-refractivity contribution in [3.63, 3.8) is 0 Å². The van der Waals surface area contributed by atoms with Gasteiger partial charge in [-0.2, -0.15) is 15.4 Å². The van der Waals surface area contributed by atoms with Crippen LogP contribution >= 0.6 is 33.4 Å². The summed E-state index contributed by atoms with van der Waals surface area (Å²) in [6.45, 7) is 46.5. The Morgan fingerprint density at radius 1 is 0.536 bits per heavy atom. The monoisotopic (exact) mass is 1720 g/mol. The molecule has 6 rings (SSSR count). The first-order valence-corrected chi connectivity index (χ1v) is 52.0. The summed E-state index contributed by atoms with van der Waals surface area (Å²) in [6.07, 6.45) is 4.78. The Morgan fingerprint density at radius 2 is 0.891 bits per heavy atom. The predicted octanol–water partition coefficient (Wildman–Crippen LogP) is 12.7. The van der Waals surface area contributed by atoms with Crippen LogP contribution in [0, 0.1) is 0 Å². The number of nitrogens with zero attached hydrogens (tertiary/aromatic N) is 4. The van der Waals surface area contributed by atoms with Crippen LogP contribution in [-0.2, 0) is 83.6 Å². The van der Waals surface area contributed by atoms with Crippen molar-refractivity contribution in [3.8, 4) is 0 Å². The van der Waals surface area contributed by atoms with Crippen LogP contribution in [0.3, 0.4) is 0 Å². The van der Waals surface area contributed by atoms with Gasteiger partial charge in [-0.3, -0.25) is 14.9 Å². The van der Waals surface area contributed by atoms with E-state index in [4.69, 9.17) is 50.5 Å². The molecule has 110 heavy (non-hydrogen) atoms. The quantitative estimate of drug-likeness (QED) is 0.0289. The molecule has 1 aromatic carbocycles. The third-order valence-electron chi connectivity index (χ3n) is 19.0. The van der Waals surface area contributed by atoms with Crippen LogP contribution < -0.4 is 34.9 Å². The first-order valence-electron chi connectivity index (χ1n) is 35.0. The standard InChI is InChI=1S/C20H32ClNO5SSi.C14H29NO3Si.C14H23NO3Si.C9H9NO4.C8H9NO3.C6H15ClSi.C2H5ClO2S.CH4.B.Na.H/c1-20(2,3)29(5,6)27-14-16-8-7-9-18(19(23)26-4)22(16)28(24,25)17-12-10-15(21)11-13-17;2*1-14(2,3)19(5,6)18-10-11-8-7-9-12(15-11)13(16)17-4;1-13-8(11)6-4-3-5-7(10-6)9(12)14-2;1-12-8(11)7-4-2-3-6(5-10)9-7;1-6(2,3)8(4,5)7;1-2-6(3,4)5;;;;/h10-13,16,18H,7-9,14H2,1-6H3;11-12,15H,7-10H2,1-6H3;7-9H,10H2,1-6H3;3-5H,1-2H3;2-4,10H,5H2,1H3;1-5H3;2H2,1H3;1H4;;;/q;;;;;;;;;+1;-1. The summed E-state index contributed by atoms with van der Waals surface area (Å²) in [6, 6.07) is 19.4. The Hall–Kier alpha value is -4.05. The molecule has 3 radical (unpaired) electrons. The Balaban J connectivity index is -0.000000410. The maximum Gasteiger partial charge on any atom is 1.00 e. The zero-order chi connectivity index (χ0) is 83.1. The fourth-order valence-corrected chi connectivity index (χ4v) is 13.1. The van der Waals surface area contributed by atoms with Crippen molar-refractivity contribution in [1.29, 1.82) is 0 Å². The average molecular weight is 1720 g/mol. The number of ether oxygens (including phenoxy) is 6. The van der Waals surface area contributed by atoms with E-state index in [-0.39, 0.29) is 121 Å². The van der Waals surface area contributed by atoms with Gasteiger partial charge in [0.25, 0.3) is 0 Å². The molecule has 2 N–H and O–H groups in total. The number of aliphatic hydroxyl groups excluding tert-OH is 1. The van der Waals surface area contributed by atoms with Gasteiger partial charge in [-0.05, 0) is 159 Å². The number of halogens is 3. The van der Waals surface area contributed by atoms with Crippen molar-refractivity contribution in [2.45, 2.75) is 251 Å². The molecule has 0 amide bonds.